The number of aromatic nitrogens is 1. The molecule has 0 radical (unpaired) electrons. The number of hydrogen-bond acceptors (Lipinski definition) is 2. The van der Waals surface area contributed by atoms with E-state index >= 15 is 0 Å². The predicted molar refractivity (Wildman–Crippen MR) is 45.3 cm³/mol. The van der Waals surface area contributed by atoms with Crippen LogP contribution in [-0.4, -0.2) is 4.98 Å². The van der Waals surface area contributed by atoms with Crippen LogP contribution in [0.1, 0.15) is 12.6 Å². The van der Waals surface area contributed by atoms with E-state index < -0.39 is 0 Å². The van der Waals surface area contributed by atoms with Crippen LogP contribution in [0.15, 0.2) is 18.3 Å². The topological polar surface area (TPSA) is 38.9 Å². The van der Waals surface area contributed by atoms with Gasteiger partial charge in [0.1, 0.15) is 0 Å². The molecular formula is C7H11ClN2. The van der Waals surface area contributed by atoms with Crippen LogP contribution in [0.2, 0.25) is 0 Å². The maximum absolute atomic E-state index is 5.57. The molecular weight excluding hydrogens is 148 g/mol. The Hall–Kier alpha value is -0.760. The first-order valence-electron chi connectivity index (χ1n) is 3.04. The molecule has 56 valence electrons. The van der Waals surface area contributed by atoms with Gasteiger partial charge in [0, 0.05) is 6.20 Å². The van der Waals surface area contributed by atoms with E-state index in [1.165, 1.54) is 0 Å². The summed E-state index contributed by atoms with van der Waals surface area (Å²) >= 11 is 0. The third kappa shape index (κ3) is 1.88. The Morgan fingerprint density at radius 2 is 2.30 bits per heavy atom. The summed E-state index contributed by atoms with van der Waals surface area (Å²) in [5.41, 5.74) is 7.34. The van der Waals surface area contributed by atoms with Crippen LogP contribution in [0.25, 0.3) is 0 Å². The Labute approximate surface area is 66.9 Å². The lowest BCUT2D eigenvalue weighted by Crippen LogP contribution is -1.94. The largest absolute Gasteiger partial charge is 0.397 e. The van der Waals surface area contributed by atoms with Gasteiger partial charge in [-0.3, -0.25) is 4.98 Å². The molecule has 1 heterocycles. The molecule has 10 heavy (non-hydrogen) atoms. The Balaban J connectivity index is 0.000000810. The minimum absolute atomic E-state index is 0. The lowest BCUT2D eigenvalue weighted by molar-refractivity contribution is 1.04. The zero-order chi connectivity index (χ0) is 6.69. The molecule has 0 amide bonds. The highest BCUT2D eigenvalue weighted by molar-refractivity contribution is 5.85. The monoisotopic (exact) mass is 158 g/mol. The van der Waals surface area contributed by atoms with Gasteiger partial charge in [0.15, 0.2) is 0 Å². The second kappa shape index (κ2) is 4.12. The molecule has 0 aliphatic rings. The van der Waals surface area contributed by atoms with E-state index in [4.69, 9.17) is 5.73 Å². The molecule has 1 aromatic heterocycles. The molecule has 0 aliphatic carbocycles. The van der Waals surface area contributed by atoms with Gasteiger partial charge >= 0.3 is 0 Å². The summed E-state index contributed by atoms with van der Waals surface area (Å²) in [6.45, 7) is 2.04. The molecule has 0 atom stereocenters. The van der Waals surface area contributed by atoms with E-state index in [1.807, 2.05) is 19.1 Å². The maximum Gasteiger partial charge on any atom is 0.0629 e. The van der Waals surface area contributed by atoms with Gasteiger partial charge < -0.3 is 5.73 Å². The van der Waals surface area contributed by atoms with Crippen LogP contribution in [0.4, 0.5) is 5.69 Å². The molecule has 0 spiro atoms. The third-order valence-corrected chi connectivity index (χ3v) is 1.26. The van der Waals surface area contributed by atoms with Crippen molar-refractivity contribution < 1.29 is 0 Å². The number of pyridine rings is 1. The Bertz CT molecular complexity index is 201. The second-order valence-corrected chi connectivity index (χ2v) is 1.89. The Morgan fingerprint density at radius 3 is 2.70 bits per heavy atom. The van der Waals surface area contributed by atoms with Crippen LogP contribution in [0.3, 0.4) is 0 Å². The van der Waals surface area contributed by atoms with Crippen molar-refractivity contribution in [3.8, 4) is 0 Å². The fraction of sp³-hybridized carbons (Fsp3) is 0.286. The number of anilines is 1. The summed E-state index contributed by atoms with van der Waals surface area (Å²) < 4.78 is 0. The van der Waals surface area contributed by atoms with Crippen LogP contribution in [0.5, 0.6) is 0 Å². The minimum atomic E-state index is 0. The van der Waals surface area contributed by atoms with Crippen molar-refractivity contribution in [1.82, 2.24) is 4.98 Å². The van der Waals surface area contributed by atoms with E-state index in [9.17, 15) is 0 Å². The molecule has 0 aromatic carbocycles. The number of halogens is 1. The van der Waals surface area contributed by atoms with Gasteiger partial charge in [0.25, 0.3) is 0 Å². The fourth-order valence-electron chi connectivity index (χ4n) is 0.746. The summed E-state index contributed by atoms with van der Waals surface area (Å²) in [6.07, 6.45) is 2.67. The highest BCUT2D eigenvalue weighted by Gasteiger charge is 1.92. The van der Waals surface area contributed by atoms with Crippen molar-refractivity contribution in [3.63, 3.8) is 0 Å². The van der Waals surface area contributed by atoms with Gasteiger partial charge in [-0.15, -0.1) is 12.4 Å². The smallest absolute Gasteiger partial charge is 0.0629 e. The van der Waals surface area contributed by atoms with Gasteiger partial charge in [-0.05, 0) is 18.6 Å². The molecule has 2 N–H and O–H groups in total. The maximum atomic E-state index is 5.57. The molecule has 1 rings (SSSR count). The van der Waals surface area contributed by atoms with Crippen molar-refractivity contribution in [2.45, 2.75) is 13.3 Å². The number of nitrogens with zero attached hydrogens (tertiary/aromatic N) is 1. The van der Waals surface area contributed by atoms with E-state index in [0.29, 0.717) is 0 Å². The van der Waals surface area contributed by atoms with Gasteiger partial charge in [-0.1, -0.05) is 6.92 Å². The minimum Gasteiger partial charge on any atom is -0.397 e. The van der Waals surface area contributed by atoms with Crippen molar-refractivity contribution >= 4 is 18.1 Å². The molecule has 0 bridgehead atoms. The first-order chi connectivity index (χ1) is 4.34. The molecule has 0 saturated heterocycles. The van der Waals surface area contributed by atoms with Gasteiger partial charge in [0.05, 0.1) is 11.4 Å². The Kier molecular flexibility index (Phi) is 3.81. The zero-order valence-electron chi connectivity index (χ0n) is 5.87. The molecule has 0 aliphatic heterocycles. The molecule has 0 saturated carbocycles. The van der Waals surface area contributed by atoms with Crippen LogP contribution in [-0.2, 0) is 6.42 Å². The third-order valence-electron chi connectivity index (χ3n) is 1.26. The SMILES string of the molecule is CCc1ncccc1N.Cl. The van der Waals surface area contributed by atoms with Crippen molar-refractivity contribution in [3.05, 3.63) is 24.0 Å². The molecule has 0 unspecified atom stereocenters. The normalized spacial score (nSPS) is 8.50. The highest BCUT2D eigenvalue weighted by Crippen LogP contribution is 2.05. The zero-order valence-corrected chi connectivity index (χ0v) is 6.69. The van der Waals surface area contributed by atoms with Crippen LogP contribution >= 0.6 is 12.4 Å². The molecule has 2 nitrogen and oxygen atoms in total. The number of hydrogen-bond donors (Lipinski definition) is 1. The first kappa shape index (κ1) is 9.24. The second-order valence-electron chi connectivity index (χ2n) is 1.89. The summed E-state index contributed by atoms with van der Waals surface area (Å²) in [5, 5.41) is 0. The van der Waals surface area contributed by atoms with E-state index in [1.54, 1.807) is 6.20 Å². The molecule has 1 aromatic rings. The van der Waals surface area contributed by atoms with Crippen molar-refractivity contribution in [2.75, 3.05) is 5.73 Å². The summed E-state index contributed by atoms with van der Waals surface area (Å²) in [4.78, 5) is 4.07. The van der Waals surface area contributed by atoms with Crippen LogP contribution < -0.4 is 5.73 Å². The van der Waals surface area contributed by atoms with E-state index in [0.717, 1.165) is 17.8 Å². The standard InChI is InChI=1S/C7H10N2.ClH/c1-2-7-6(8)4-3-5-9-7;/h3-5H,2,8H2,1H3;1H. The van der Waals surface area contributed by atoms with Crippen molar-refractivity contribution in [2.24, 2.45) is 0 Å². The fourth-order valence-corrected chi connectivity index (χ4v) is 0.746. The number of rotatable bonds is 1. The lowest BCUT2D eigenvalue weighted by Gasteiger charge is -1.97. The summed E-state index contributed by atoms with van der Waals surface area (Å²) in [6, 6.07) is 3.71. The van der Waals surface area contributed by atoms with Crippen LogP contribution in [0, 0.1) is 0 Å². The Morgan fingerprint density at radius 1 is 1.60 bits per heavy atom. The first-order valence-corrected chi connectivity index (χ1v) is 3.04. The van der Waals surface area contributed by atoms with Crippen molar-refractivity contribution in [1.29, 1.82) is 0 Å². The average Bonchev–Trinajstić information content (AvgIpc) is 1.89. The highest BCUT2D eigenvalue weighted by atomic mass is 35.5. The summed E-state index contributed by atoms with van der Waals surface area (Å²) in [5.74, 6) is 0. The average molecular weight is 159 g/mol. The molecule has 3 heteroatoms. The predicted octanol–water partition coefficient (Wildman–Crippen LogP) is 1.65. The van der Waals surface area contributed by atoms with Gasteiger partial charge in [0.2, 0.25) is 0 Å². The molecule has 0 fully saturated rings. The number of nitrogen functional groups attached to an aromatic ring is 1. The van der Waals surface area contributed by atoms with E-state index in [2.05, 4.69) is 4.98 Å². The number of aryl methyl sites for hydroxylation is 1. The van der Waals surface area contributed by atoms with Gasteiger partial charge in [-0.25, -0.2) is 0 Å². The quantitative estimate of drug-likeness (QED) is 0.675. The van der Waals surface area contributed by atoms with E-state index in [-0.39, 0.29) is 12.4 Å². The number of nitrogens with two attached hydrogens (primary N) is 1. The lowest BCUT2D eigenvalue weighted by atomic mass is 10.2. The van der Waals surface area contributed by atoms with Gasteiger partial charge in [-0.2, -0.15) is 0 Å². The summed E-state index contributed by atoms with van der Waals surface area (Å²) in [7, 11) is 0.